The molecule has 0 fully saturated rings. The van der Waals surface area contributed by atoms with Crippen molar-refractivity contribution in [3.63, 3.8) is 0 Å². The predicted molar refractivity (Wildman–Crippen MR) is 287 cm³/mol. The molecule has 0 saturated heterocycles. The number of fused-ring (bicyclic) bond motifs is 13. The Bertz CT molecular complexity index is 4030. The first-order valence-electron chi connectivity index (χ1n) is 24.1. The van der Waals surface area contributed by atoms with Crippen molar-refractivity contribution in [3.8, 4) is 77.9 Å². The standard InChI is InChI=1S/C67H44O/c1-66(2)51-25-15-13-21-41(51)43-29-27-39(35-53(43)66)57-63-49-33-31-47-59-48(62-56(38-19-9-6-10-20-38)46-24-12-11-23-45(46)55(61(47)62)37-17-7-5-8-18-37)32-34-50(60(49)59)64(63)58(65(57)68)40-28-30-44-42-22-14-16-26-52(42)67(3,4)54(44)36-40/h5-36H,1-4H3. The van der Waals surface area contributed by atoms with Gasteiger partial charge in [-0.05, 0) is 144 Å². The van der Waals surface area contributed by atoms with Gasteiger partial charge in [-0.25, -0.2) is 0 Å². The minimum absolute atomic E-state index is 0.102. The third kappa shape index (κ3) is 4.64. The van der Waals surface area contributed by atoms with E-state index < -0.39 is 0 Å². The Morgan fingerprint density at radius 1 is 0.265 bits per heavy atom. The number of hydrogen-bond donors (Lipinski definition) is 0. The van der Waals surface area contributed by atoms with Gasteiger partial charge in [-0.1, -0.05) is 210 Å². The van der Waals surface area contributed by atoms with E-state index in [0.717, 1.165) is 44.2 Å². The molecule has 0 aliphatic heterocycles. The normalized spacial score (nSPS) is 14.5. The van der Waals surface area contributed by atoms with Gasteiger partial charge in [-0.2, -0.15) is 0 Å². The van der Waals surface area contributed by atoms with Crippen LogP contribution >= 0.6 is 0 Å². The molecule has 68 heavy (non-hydrogen) atoms. The largest absolute Gasteiger partial charge is 0.289 e. The van der Waals surface area contributed by atoms with Crippen LogP contribution in [0.3, 0.4) is 0 Å². The van der Waals surface area contributed by atoms with Crippen molar-refractivity contribution < 1.29 is 0 Å². The fourth-order valence-electron chi connectivity index (χ4n) is 13.5. The van der Waals surface area contributed by atoms with Crippen LogP contribution in [0.2, 0.25) is 0 Å². The molecule has 0 radical (unpaired) electrons. The summed E-state index contributed by atoms with van der Waals surface area (Å²) in [6.45, 7) is 9.31. The lowest BCUT2D eigenvalue weighted by Crippen LogP contribution is -2.15. The first kappa shape index (κ1) is 38.0. The lowest BCUT2D eigenvalue weighted by atomic mass is 9.81. The van der Waals surface area contributed by atoms with Gasteiger partial charge in [0.25, 0.3) is 0 Å². The Kier molecular flexibility index (Phi) is 7.30. The average Bonchev–Trinajstić information content (AvgIpc) is 4.10. The Balaban J connectivity index is 1.10. The van der Waals surface area contributed by atoms with Crippen LogP contribution in [0.1, 0.15) is 49.9 Å². The van der Waals surface area contributed by atoms with E-state index in [0.29, 0.717) is 0 Å². The van der Waals surface area contributed by atoms with Gasteiger partial charge in [-0.15, -0.1) is 0 Å². The molecule has 1 heteroatoms. The molecule has 0 amide bonds. The molecule has 4 aliphatic carbocycles. The summed E-state index contributed by atoms with van der Waals surface area (Å²) in [7, 11) is 0. The minimum Gasteiger partial charge on any atom is -0.289 e. The van der Waals surface area contributed by atoms with Crippen LogP contribution in [0.4, 0.5) is 0 Å². The number of benzene rings is 10. The monoisotopic (exact) mass is 864 g/mol. The van der Waals surface area contributed by atoms with E-state index in [1.807, 2.05) is 0 Å². The van der Waals surface area contributed by atoms with Crippen LogP contribution in [0.5, 0.6) is 0 Å². The molecule has 11 aromatic carbocycles. The Morgan fingerprint density at radius 3 is 1.09 bits per heavy atom. The third-order valence-corrected chi connectivity index (χ3v) is 16.5. The number of rotatable bonds is 4. The van der Waals surface area contributed by atoms with Crippen molar-refractivity contribution in [1.29, 1.82) is 0 Å². The van der Waals surface area contributed by atoms with Crippen molar-refractivity contribution in [3.05, 3.63) is 227 Å². The zero-order valence-electron chi connectivity index (χ0n) is 38.4. The molecule has 11 aromatic rings. The third-order valence-electron chi connectivity index (χ3n) is 16.5. The summed E-state index contributed by atoms with van der Waals surface area (Å²) in [6, 6.07) is 71.6. The summed E-state index contributed by atoms with van der Waals surface area (Å²) < 4.78 is 0. The molecule has 0 saturated carbocycles. The molecule has 0 N–H and O–H groups in total. The van der Waals surface area contributed by atoms with Crippen LogP contribution < -0.4 is 5.43 Å². The van der Waals surface area contributed by atoms with E-state index in [9.17, 15) is 0 Å². The summed E-state index contributed by atoms with van der Waals surface area (Å²) in [6.07, 6.45) is 0. The van der Waals surface area contributed by atoms with Crippen LogP contribution in [-0.4, -0.2) is 0 Å². The molecule has 15 rings (SSSR count). The lowest BCUT2D eigenvalue weighted by molar-refractivity contribution is 0.660. The van der Waals surface area contributed by atoms with Gasteiger partial charge in [0, 0.05) is 33.1 Å². The van der Waals surface area contributed by atoms with Crippen LogP contribution in [-0.2, 0) is 10.8 Å². The highest BCUT2D eigenvalue weighted by atomic mass is 16.1. The minimum atomic E-state index is -0.210. The van der Waals surface area contributed by atoms with Crippen LogP contribution in [0, 0.1) is 0 Å². The summed E-state index contributed by atoms with van der Waals surface area (Å²) in [5, 5.41) is 12.4. The highest BCUT2D eigenvalue weighted by Crippen LogP contribution is 2.59. The van der Waals surface area contributed by atoms with Crippen LogP contribution in [0.15, 0.2) is 199 Å². The second kappa shape index (κ2) is 13.1. The smallest absolute Gasteiger partial charge is 0.195 e. The second-order valence-corrected chi connectivity index (χ2v) is 20.5. The maximum atomic E-state index is 16.0. The highest BCUT2D eigenvalue weighted by Gasteiger charge is 2.39. The molecule has 0 aromatic heterocycles. The molecular formula is C67H44O. The fraction of sp³-hybridized carbons (Fsp3) is 0.0896. The van der Waals surface area contributed by atoms with E-state index in [1.165, 1.54) is 110 Å². The van der Waals surface area contributed by atoms with Gasteiger partial charge in [0.05, 0.1) is 0 Å². The fourth-order valence-corrected chi connectivity index (χ4v) is 13.5. The van der Waals surface area contributed by atoms with Gasteiger partial charge >= 0.3 is 0 Å². The van der Waals surface area contributed by atoms with E-state index in [2.05, 4.69) is 222 Å². The Morgan fingerprint density at radius 2 is 0.632 bits per heavy atom. The van der Waals surface area contributed by atoms with Gasteiger partial charge in [0.2, 0.25) is 0 Å². The summed E-state index contributed by atoms with van der Waals surface area (Å²) >= 11 is 0. The first-order chi connectivity index (χ1) is 33.2. The van der Waals surface area contributed by atoms with Crippen molar-refractivity contribution in [2.24, 2.45) is 0 Å². The van der Waals surface area contributed by atoms with Gasteiger partial charge in [0.1, 0.15) is 0 Å². The second-order valence-electron chi connectivity index (χ2n) is 20.5. The van der Waals surface area contributed by atoms with Gasteiger partial charge in [0.15, 0.2) is 5.43 Å². The molecule has 1 nitrogen and oxygen atoms in total. The maximum Gasteiger partial charge on any atom is 0.195 e. The lowest BCUT2D eigenvalue weighted by Gasteiger charge is -2.22. The highest BCUT2D eigenvalue weighted by molar-refractivity contribution is 6.45. The SMILES string of the molecule is CC1(C)c2ccccc2-c2ccc(-c3c4c5ccc6c7c(-c8ccccc8)c8ccccc8c(-c8ccccc8)c7c7ccc(c-4c(-c4ccc8c(c4)C(C)(C)c4ccccc4-8)c3=O)c5c67)cc21. The average molecular weight is 865 g/mol. The first-order valence-corrected chi connectivity index (χ1v) is 24.1. The van der Waals surface area contributed by atoms with Crippen molar-refractivity contribution in [2.75, 3.05) is 0 Å². The Labute approximate surface area is 395 Å². The molecule has 0 bridgehead atoms. The Hall–Kier alpha value is -8.13. The van der Waals surface area contributed by atoms with Crippen molar-refractivity contribution in [1.82, 2.24) is 0 Å². The quantitative estimate of drug-likeness (QED) is 0.172. The zero-order chi connectivity index (χ0) is 45.4. The molecule has 0 atom stereocenters. The molecule has 318 valence electrons. The van der Waals surface area contributed by atoms with Crippen LogP contribution in [0.25, 0.3) is 132 Å². The molecular weight excluding hydrogens is 821 g/mol. The van der Waals surface area contributed by atoms with Gasteiger partial charge in [-0.3, -0.25) is 4.79 Å². The molecule has 4 aliphatic rings. The zero-order valence-corrected chi connectivity index (χ0v) is 38.4. The van der Waals surface area contributed by atoms with E-state index >= 15 is 4.79 Å². The summed E-state index contributed by atoms with van der Waals surface area (Å²) in [4.78, 5) is 16.0. The van der Waals surface area contributed by atoms with Gasteiger partial charge < -0.3 is 0 Å². The molecule has 0 heterocycles. The number of hydrogen-bond acceptors (Lipinski definition) is 1. The van der Waals surface area contributed by atoms with E-state index in [4.69, 9.17) is 0 Å². The predicted octanol–water partition coefficient (Wildman–Crippen LogP) is 17.5. The summed E-state index contributed by atoms with van der Waals surface area (Å²) in [5.41, 5.74) is 20.6. The van der Waals surface area contributed by atoms with Crippen molar-refractivity contribution in [2.45, 2.75) is 38.5 Å². The topological polar surface area (TPSA) is 17.1 Å². The molecule has 0 spiro atoms. The maximum absolute atomic E-state index is 16.0. The molecule has 0 unspecified atom stereocenters. The van der Waals surface area contributed by atoms with E-state index in [1.54, 1.807) is 0 Å². The van der Waals surface area contributed by atoms with E-state index in [-0.39, 0.29) is 16.3 Å². The summed E-state index contributed by atoms with van der Waals surface area (Å²) in [5.74, 6) is 0. The van der Waals surface area contributed by atoms with Crippen molar-refractivity contribution >= 4 is 53.9 Å².